The largest absolute Gasteiger partial charge is 0.326 e. The van der Waals surface area contributed by atoms with Crippen molar-refractivity contribution in [2.24, 2.45) is 11.7 Å². The van der Waals surface area contributed by atoms with E-state index in [2.05, 4.69) is 47.7 Å². The number of hydrogen-bond donors (Lipinski definition) is 1. The molecule has 5 rings (SSSR count). The number of pyridine rings is 1. The summed E-state index contributed by atoms with van der Waals surface area (Å²) in [5.41, 5.74) is 9.70. The van der Waals surface area contributed by atoms with Gasteiger partial charge in [0.05, 0.1) is 23.0 Å². The molecule has 0 radical (unpaired) electrons. The van der Waals surface area contributed by atoms with Gasteiger partial charge in [0, 0.05) is 24.8 Å². The van der Waals surface area contributed by atoms with Gasteiger partial charge in [-0.15, -0.1) is 0 Å². The molecule has 29 heavy (non-hydrogen) atoms. The normalized spacial score (nSPS) is 17.0. The number of carbonyl (C=O) groups excluding carboxylic acids is 1. The van der Waals surface area contributed by atoms with Crippen LogP contribution in [0.15, 0.2) is 36.5 Å². The van der Waals surface area contributed by atoms with E-state index in [-0.39, 0.29) is 11.3 Å². The van der Waals surface area contributed by atoms with Crippen LogP contribution in [0.5, 0.6) is 0 Å². The van der Waals surface area contributed by atoms with Crippen molar-refractivity contribution in [1.29, 1.82) is 0 Å². The van der Waals surface area contributed by atoms with E-state index >= 15 is 0 Å². The summed E-state index contributed by atoms with van der Waals surface area (Å²) in [5, 5.41) is 0. The Labute approximate surface area is 170 Å². The Hall–Kier alpha value is -2.73. The van der Waals surface area contributed by atoms with Crippen LogP contribution >= 0.6 is 0 Å². The molecule has 1 aromatic carbocycles. The monoisotopic (exact) mass is 389 g/mol. The molecule has 0 unspecified atom stereocenters. The number of aryl methyl sites for hydroxylation is 1. The standard InChI is InChI=1S/C23H27N5O/c1-15(2)7-11-27-19-6-5-16(13-24)12-18(19)26-20(27)14-28-21-17(4-3-10-25-21)23(8-9-23)22(28)29/h3-6,10,12,15H,7-9,11,13-14,24H2,1-2H3. The number of aromatic nitrogens is 3. The van der Waals surface area contributed by atoms with Crippen LogP contribution < -0.4 is 10.6 Å². The van der Waals surface area contributed by atoms with Crippen molar-refractivity contribution in [3.8, 4) is 0 Å². The SMILES string of the molecule is CC(C)CCn1c(CN2C(=O)C3(CC3)c3cccnc32)nc2cc(CN)ccc21. The zero-order valence-corrected chi connectivity index (χ0v) is 17.1. The minimum Gasteiger partial charge on any atom is -0.326 e. The lowest BCUT2D eigenvalue weighted by Crippen LogP contribution is -2.33. The molecule has 1 amide bonds. The Balaban J connectivity index is 1.56. The minimum absolute atomic E-state index is 0.177. The lowest BCUT2D eigenvalue weighted by atomic mass is 10.00. The summed E-state index contributed by atoms with van der Waals surface area (Å²) in [4.78, 5) is 24.6. The molecular weight excluding hydrogens is 362 g/mol. The predicted octanol–water partition coefficient (Wildman–Crippen LogP) is 3.51. The summed E-state index contributed by atoms with van der Waals surface area (Å²) in [6.45, 7) is 6.29. The maximum atomic E-state index is 13.3. The molecule has 1 aliphatic carbocycles. The Morgan fingerprint density at radius 1 is 1.24 bits per heavy atom. The lowest BCUT2D eigenvalue weighted by molar-refractivity contribution is -0.120. The molecule has 2 aliphatic rings. The summed E-state index contributed by atoms with van der Waals surface area (Å²) < 4.78 is 2.27. The second-order valence-corrected chi connectivity index (χ2v) is 8.74. The van der Waals surface area contributed by atoms with Crippen LogP contribution in [-0.4, -0.2) is 20.4 Å². The van der Waals surface area contributed by atoms with Crippen LogP contribution in [0.25, 0.3) is 11.0 Å². The van der Waals surface area contributed by atoms with Crippen molar-refractivity contribution < 1.29 is 4.79 Å². The Bertz CT molecular complexity index is 1100. The summed E-state index contributed by atoms with van der Waals surface area (Å²) >= 11 is 0. The molecule has 3 heterocycles. The van der Waals surface area contributed by atoms with Crippen LogP contribution in [-0.2, 0) is 29.8 Å². The van der Waals surface area contributed by atoms with Gasteiger partial charge in [-0.2, -0.15) is 0 Å². The number of carbonyl (C=O) groups is 1. The first-order valence-electron chi connectivity index (χ1n) is 10.5. The van der Waals surface area contributed by atoms with Crippen LogP contribution in [0.2, 0.25) is 0 Å². The van der Waals surface area contributed by atoms with Crippen molar-refractivity contribution in [3.05, 3.63) is 53.5 Å². The Morgan fingerprint density at radius 2 is 2.07 bits per heavy atom. The summed E-state index contributed by atoms with van der Waals surface area (Å²) in [6, 6.07) is 10.2. The molecule has 0 saturated heterocycles. The highest BCUT2D eigenvalue weighted by Gasteiger charge is 2.59. The van der Waals surface area contributed by atoms with Gasteiger partial charge >= 0.3 is 0 Å². The van der Waals surface area contributed by atoms with Gasteiger partial charge in [0.25, 0.3) is 0 Å². The molecule has 1 spiro atoms. The highest BCUT2D eigenvalue weighted by Crippen LogP contribution is 2.56. The quantitative estimate of drug-likeness (QED) is 0.700. The van der Waals surface area contributed by atoms with Crippen LogP contribution in [0.1, 0.15) is 50.1 Å². The van der Waals surface area contributed by atoms with Crippen molar-refractivity contribution in [2.75, 3.05) is 4.90 Å². The van der Waals surface area contributed by atoms with Crippen molar-refractivity contribution in [1.82, 2.24) is 14.5 Å². The molecule has 6 heteroatoms. The average Bonchev–Trinajstić information content (AvgIpc) is 3.41. The third kappa shape index (κ3) is 2.85. The fraction of sp³-hybridized carbons (Fsp3) is 0.435. The highest BCUT2D eigenvalue weighted by molar-refractivity contribution is 6.09. The highest BCUT2D eigenvalue weighted by atomic mass is 16.2. The predicted molar refractivity (Wildman–Crippen MR) is 113 cm³/mol. The van der Waals surface area contributed by atoms with Gasteiger partial charge in [0.2, 0.25) is 5.91 Å². The van der Waals surface area contributed by atoms with Gasteiger partial charge in [-0.05, 0) is 48.9 Å². The third-order valence-electron chi connectivity index (χ3n) is 6.32. The molecule has 6 nitrogen and oxygen atoms in total. The number of imidazole rings is 1. The number of nitrogens with two attached hydrogens (primary N) is 1. The number of fused-ring (bicyclic) bond motifs is 3. The second kappa shape index (κ2) is 6.66. The van der Waals surface area contributed by atoms with E-state index in [1.165, 1.54) is 0 Å². The third-order valence-corrected chi connectivity index (χ3v) is 6.32. The smallest absolute Gasteiger partial charge is 0.239 e. The van der Waals surface area contributed by atoms with Gasteiger partial charge in [0.15, 0.2) is 0 Å². The summed E-state index contributed by atoms with van der Waals surface area (Å²) in [7, 11) is 0. The molecule has 150 valence electrons. The van der Waals surface area contributed by atoms with Crippen molar-refractivity contribution >= 4 is 22.8 Å². The van der Waals surface area contributed by atoms with Crippen LogP contribution in [0.4, 0.5) is 5.82 Å². The molecule has 3 aromatic rings. The summed E-state index contributed by atoms with van der Waals surface area (Å²) in [6.07, 6.45) is 4.68. The fourth-order valence-electron chi connectivity index (χ4n) is 4.46. The zero-order chi connectivity index (χ0) is 20.2. The topological polar surface area (TPSA) is 77.0 Å². The molecule has 0 bridgehead atoms. The number of nitrogens with zero attached hydrogens (tertiary/aromatic N) is 4. The number of rotatable bonds is 6. The van der Waals surface area contributed by atoms with Crippen molar-refractivity contribution in [2.45, 2.75) is 58.2 Å². The Kier molecular flexibility index (Phi) is 4.21. The maximum absolute atomic E-state index is 13.3. The number of anilines is 1. The molecular formula is C23H27N5O. The Morgan fingerprint density at radius 3 is 2.79 bits per heavy atom. The van der Waals surface area contributed by atoms with Gasteiger partial charge in [-0.3, -0.25) is 9.69 Å². The minimum atomic E-state index is -0.328. The first kappa shape index (κ1) is 18.3. The van der Waals surface area contributed by atoms with E-state index in [1.54, 1.807) is 6.20 Å². The van der Waals surface area contributed by atoms with E-state index < -0.39 is 0 Å². The molecule has 1 fully saturated rings. The van der Waals surface area contributed by atoms with Crippen molar-refractivity contribution in [3.63, 3.8) is 0 Å². The van der Waals surface area contributed by atoms with Gasteiger partial charge in [0.1, 0.15) is 11.6 Å². The zero-order valence-electron chi connectivity index (χ0n) is 17.1. The number of amides is 1. The molecule has 1 aliphatic heterocycles. The lowest BCUT2D eigenvalue weighted by Gasteiger charge is -2.18. The first-order valence-corrected chi connectivity index (χ1v) is 10.5. The van der Waals surface area contributed by atoms with Gasteiger partial charge in [-0.25, -0.2) is 9.97 Å². The van der Waals surface area contributed by atoms with Crippen LogP contribution in [0, 0.1) is 5.92 Å². The molecule has 1 saturated carbocycles. The van der Waals surface area contributed by atoms with E-state index in [1.807, 2.05) is 11.0 Å². The average molecular weight is 390 g/mol. The fourth-order valence-corrected chi connectivity index (χ4v) is 4.46. The van der Waals surface area contributed by atoms with Gasteiger partial charge in [-0.1, -0.05) is 26.0 Å². The van der Waals surface area contributed by atoms with E-state index in [0.29, 0.717) is 19.0 Å². The van der Waals surface area contributed by atoms with E-state index in [0.717, 1.165) is 59.6 Å². The van der Waals surface area contributed by atoms with Crippen LogP contribution in [0.3, 0.4) is 0 Å². The molecule has 2 N–H and O–H groups in total. The molecule has 2 aromatic heterocycles. The van der Waals surface area contributed by atoms with Gasteiger partial charge < -0.3 is 10.3 Å². The first-order chi connectivity index (χ1) is 14.0. The number of hydrogen-bond acceptors (Lipinski definition) is 4. The molecule has 0 atom stereocenters. The summed E-state index contributed by atoms with van der Waals surface area (Å²) in [5.74, 6) is 2.49. The number of benzene rings is 1. The second-order valence-electron chi connectivity index (χ2n) is 8.74. The van der Waals surface area contributed by atoms with E-state index in [9.17, 15) is 4.79 Å². The maximum Gasteiger partial charge on any atom is 0.239 e. The van der Waals surface area contributed by atoms with E-state index in [4.69, 9.17) is 10.7 Å².